The van der Waals surface area contributed by atoms with Gasteiger partial charge in [0, 0.05) is 19.6 Å². The molecule has 1 N–H and O–H groups in total. The number of carbonyl (C=O) groups excluding carboxylic acids is 1. The van der Waals surface area contributed by atoms with Gasteiger partial charge in [-0.15, -0.1) is 0 Å². The number of likely N-dealkylation sites (N-methyl/N-ethyl adjacent to an activating group) is 1. The first kappa shape index (κ1) is 16.0. The summed E-state index contributed by atoms with van der Waals surface area (Å²) in [6.45, 7) is 9.30. The Labute approximate surface area is 115 Å². The van der Waals surface area contributed by atoms with E-state index in [9.17, 15) is 14.7 Å². The molecule has 1 aliphatic rings. The Balaban J connectivity index is 2.66. The fourth-order valence-electron chi connectivity index (χ4n) is 2.53. The normalized spacial score (nSPS) is 24.2. The zero-order valence-electron chi connectivity index (χ0n) is 12.6. The first-order valence-corrected chi connectivity index (χ1v) is 6.92. The maximum atomic E-state index is 12.0. The second-order valence-electron chi connectivity index (χ2n) is 6.18. The molecule has 0 aromatic carbocycles. The van der Waals surface area contributed by atoms with Crippen molar-refractivity contribution in [1.29, 1.82) is 0 Å². The molecule has 0 bridgehead atoms. The molecule has 5 heteroatoms. The summed E-state index contributed by atoms with van der Waals surface area (Å²) in [7, 11) is 1.79. The molecule has 0 aliphatic carbocycles. The average molecular weight is 270 g/mol. The summed E-state index contributed by atoms with van der Waals surface area (Å²) in [6, 6.07) is 0.171. The lowest BCUT2D eigenvalue weighted by Crippen LogP contribution is -2.43. The van der Waals surface area contributed by atoms with Gasteiger partial charge in [0.2, 0.25) is 5.91 Å². The molecule has 0 spiro atoms. The number of nitrogens with zero attached hydrogens (tertiary/aromatic N) is 2. The molecule has 1 saturated heterocycles. The first-order valence-electron chi connectivity index (χ1n) is 6.92. The number of carboxylic acid groups (broad SMARTS) is 1. The van der Waals surface area contributed by atoms with Gasteiger partial charge in [0.25, 0.3) is 0 Å². The second-order valence-corrected chi connectivity index (χ2v) is 6.18. The number of aliphatic carboxylic acids is 1. The monoisotopic (exact) mass is 270 g/mol. The summed E-state index contributed by atoms with van der Waals surface area (Å²) in [4.78, 5) is 27.2. The molecule has 0 aromatic rings. The summed E-state index contributed by atoms with van der Waals surface area (Å²) >= 11 is 0. The highest BCUT2D eigenvalue weighted by atomic mass is 16.4. The van der Waals surface area contributed by atoms with Gasteiger partial charge in [-0.1, -0.05) is 13.8 Å². The highest BCUT2D eigenvalue weighted by molar-refractivity contribution is 5.79. The molecule has 0 radical (unpaired) electrons. The summed E-state index contributed by atoms with van der Waals surface area (Å²) in [5, 5.41) is 9.46. The molecule has 1 heterocycles. The number of carbonyl (C=O) groups is 2. The Hall–Kier alpha value is -1.10. The van der Waals surface area contributed by atoms with Gasteiger partial charge in [-0.2, -0.15) is 0 Å². The molecule has 1 unspecified atom stereocenters. The van der Waals surface area contributed by atoms with Crippen LogP contribution >= 0.6 is 0 Å². The molecule has 0 aromatic heterocycles. The number of amides is 1. The van der Waals surface area contributed by atoms with E-state index in [-0.39, 0.29) is 17.9 Å². The number of likely N-dealkylation sites (tertiary alicyclic amines) is 1. The molecule has 19 heavy (non-hydrogen) atoms. The Bertz CT molecular complexity index is 355. The third kappa shape index (κ3) is 3.26. The molecule has 1 rings (SSSR count). The van der Waals surface area contributed by atoms with E-state index < -0.39 is 11.4 Å². The van der Waals surface area contributed by atoms with Crippen molar-refractivity contribution >= 4 is 11.9 Å². The quantitative estimate of drug-likeness (QED) is 0.817. The Kier molecular flexibility index (Phi) is 4.96. The van der Waals surface area contributed by atoms with Crippen molar-refractivity contribution in [1.82, 2.24) is 9.80 Å². The minimum absolute atomic E-state index is 0.0555. The predicted octanol–water partition coefficient (Wildman–Crippen LogP) is 1.29. The van der Waals surface area contributed by atoms with E-state index in [0.717, 1.165) is 0 Å². The van der Waals surface area contributed by atoms with Crippen molar-refractivity contribution in [2.45, 2.75) is 40.2 Å². The van der Waals surface area contributed by atoms with Crippen molar-refractivity contribution in [2.75, 3.05) is 26.7 Å². The third-order valence-corrected chi connectivity index (χ3v) is 4.44. The van der Waals surface area contributed by atoms with Gasteiger partial charge >= 0.3 is 5.97 Å². The molecule has 0 saturated carbocycles. The van der Waals surface area contributed by atoms with Gasteiger partial charge in [0.1, 0.15) is 0 Å². The van der Waals surface area contributed by atoms with Gasteiger partial charge in [-0.05, 0) is 32.7 Å². The zero-order valence-corrected chi connectivity index (χ0v) is 12.6. The maximum absolute atomic E-state index is 12.0. The number of hydrogen-bond donors (Lipinski definition) is 1. The Morgan fingerprint density at radius 2 is 1.89 bits per heavy atom. The van der Waals surface area contributed by atoms with E-state index in [4.69, 9.17) is 0 Å². The lowest BCUT2D eigenvalue weighted by atomic mass is 9.76. The van der Waals surface area contributed by atoms with Gasteiger partial charge in [-0.25, -0.2) is 0 Å². The van der Waals surface area contributed by atoms with E-state index in [0.29, 0.717) is 26.1 Å². The van der Waals surface area contributed by atoms with E-state index in [1.807, 2.05) is 32.6 Å². The van der Waals surface area contributed by atoms with Crippen LogP contribution in [0.15, 0.2) is 0 Å². The molecule has 5 nitrogen and oxygen atoms in total. The summed E-state index contributed by atoms with van der Waals surface area (Å²) in [6.07, 6.45) is 0.624. The lowest BCUT2D eigenvalue weighted by molar-refractivity contribution is -0.151. The van der Waals surface area contributed by atoms with Crippen LogP contribution in [0.2, 0.25) is 0 Å². The van der Waals surface area contributed by atoms with Gasteiger partial charge in [0.15, 0.2) is 0 Å². The van der Waals surface area contributed by atoms with Gasteiger partial charge < -0.3 is 10.0 Å². The lowest BCUT2D eigenvalue weighted by Gasteiger charge is -2.29. The Morgan fingerprint density at radius 1 is 1.32 bits per heavy atom. The standard InChI is InChI=1S/C14H26N2O3/c1-10(2)14(13(18)19)6-7-16(9-14)8-12(17)15(5)11(3)4/h10-11H,6-9H2,1-5H3,(H,18,19). The van der Waals surface area contributed by atoms with Crippen LogP contribution < -0.4 is 0 Å². The highest BCUT2D eigenvalue weighted by Gasteiger charge is 2.47. The fraction of sp³-hybridized carbons (Fsp3) is 0.857. The average Bonchev–Trinajstić information content (AvgIpc) is 2.73. The third-order valence-electron chi connectivity index (χ3n) is 4.44. The Morgan fingerprint density at radius 3 is 2.26 bits per heavy atom. The molecule has 1 fully saturated rings. The molecule has 110 valence electrons. The van der Waals surface area contributed by atoms with Crippen LogP contribution in [0.3, 0.4) is 0 Å². The van der Waals surface area contributed by atoms with Crippen LogP contribution in [0.5, 0.6) is 0 Å². The number of hydrogen-bond acceptors (Lipinski definition) is 3. The van der Waals surface area contributed by atoms with Crippen molar-refractivity contribution < 1.29 is 14.7 Å². The van der Waals surface area contributed by atoms with Gasteiger partial charge in [0.05, 0.1) is 12.0 Å². The predicted molar refractivity (Wildman–Crippen MR) is 73.9 cm³/mol. The van der Waals surface area contributed by atoms with Crippen molar-refractivity contribution in [3.63, 3.8) is 0 Å². The SMILES string of the molecule is CC(C)N(C)C(=O)CN1CCC(C(=O)O)(C(C)C)C1. The van der Waals surface area contributed by atoms with Gasteiger partial charge in [-0.3, -0.25) is 14.5 Å². The first-order chi connectivity index (χ1) is 8.70. The minimum atomic E-state index is -0.741. The van der Waals surface area contributed by atoms with Crippen molar-refractivity contribution in [3.8, 4) is 0 Å². The zero-order chi connectivity index (χ0) is 14.8. The van der Waals surface area contributed by atoms with Crippen LogP contribution in [0.4, 0.5) is 0 Å². The highest BCUT2D eigenvalue weighted by Crippen LogP contribution is 2.38. The van der Waals surface area contributed by atoms with E-state index in [1.54, 1.807) is 11.9 Å². The minimum Gasteiger partial charge on any atom is -0.481 e. The summed E-state index contributed by atoms with van der Waals surface area (Å²) in [5.41, 5.74) is -0.698. The fourth-order valence-corrected chi connectivity index (χ4v) is 2.53. The number of carboxylic acids is 1. The molecular formula is C14H26N2O3. The molecule has 1 aliphatic heterocycles. The number of rotatable bonds is 5. The molecule has 1 amide bonds. The second kappa shape index (κ2) is 5.90. The van der Waals surface area contributed by atoms with E-state index in [1.165, 1.54) is 0 Å². The van der Waals surface area contributed by atoms with Crippen molar-refractivity contribution in [2.24, 2.45) is 11.3 Å². The van der Waals surface area contributed by atoms with E-state index in [2.05, 4.69) is 0 Å². The molecule has 1 atom stereocenters. The summed E-state index contributed by atoms with van der Waals surface area (Å²) in [5.74, 6) is -0.609. The maximum Gasteiger partial charge on any atom is 0.311 e. The molecular weight excluding hydrogens is 244 g/mol. The van der Waals surface area contributed by atoms with Crippen molar-refractivity contribution in [3.05, 3.63) is 0 Å². The summed E-state index contributed by atoms with van der Waals surface area (Å²) < 4.78 is 0. The van der Waals surface area contributed by atoms with Crippen LogP contribution in [0, 0.1) is 11.3 Å². The van der Waals surface area contributed by atoms with Crippen LogP contribution in [-0.4, -0.2) is 59.5 Å². The van der Waals surface area contributed by atoms with Crippen LogP contribution in [-0.2, 0) is 9.59 Å². The smallest absolute Gasteiger partial charge is 0.311 e. The largest absolute Gasteiger partial charge is 0.481 e. The van der Waals surface area contributed by atoms with Crippen LogP contribution in [0.1, 0.15) is 34.1 Å². The topological polar surface area (TPSA) is 60.9 Å². The van der Waals surface area contributed by atoms with Crippen LogP contribution in [0.25, 0.3) is 0 Å². The van der Waals surface area contributed by atoms with E-state index >= 15 is 0 Å².